The van der Waals surface area contributed by atoms with Gasteiger partial charge >= 0.3 is 5.97 Å². The van der Waals surface area contributed by atoms with Gasteiger partial charge in [0, 0.05) is 16.3 Å². The summed E-state index contributed by atoms with van der Waals surface area (Å²) in [5, 5.41) is 12.2. The third-order valence-corrected chi connectivity index (χ3v) is 5.28. The summed E-state index contributed by atoms with van der Waals surface area (Å²) in [6.45, 7) is 2.31. The minimum absolute atomic E-state index is 0.0572. The van der Waals surface area contributed by atoms with Crippen molar-refractivity contribution < 1.29 is 19.1 Å². The summed E-state index contributed by atoms with van der Waals surface area (Å²) in [7, 11) is 1.26. The molecule has 0 aliphatic rings. The molecule has 0 saturated heterocycles. The van der Waals surface area contributed by atoms with Crippen molar-refractivity contribution in [2.45, 2.75) is 12.1 Å². The summed E-state index contributed by atoms with van der Waals surface area (Å²) in [6.07, 6.45) is 0. The van der Waals surface area contributed by atoms with Gasteiger partial charge in [0.05, 0.1) is 19.5 Å². The molecule has 0 atom stereocenters. The Labute approximate surface area is 188 Å². The lowest BCUT2D eigenvalue weighted by Crippen LogP contribution is -2.31. The van der Waals surface area contributed by atoms with Crippen LogP contribution in [0.3, 0.4) is 0 Å². The van der Waals surface area contributed by atoms with Crippen LogP contribution in [0.2, 0.25) is 5.02 Å². The molecule has 1 heterocycles. The monoisotopic (exact) mass is 460 g/mol. The molecule has 162 valence electrons. The second-order valence-electron chi connectivity index (χ2n) is 6.22. The topological polar surface area (TPSA) is 95.3 Å². The van der Waals surface area contributed by atoms with Crippen LogP contribution in [0.15, 0.2) is 53.7 Å². The van der Waals surface area contributed by atoms with Gasteiger partial charge in [0.1, 0.15) is 12.3 Å². The van der Waals surface area contributed by atoms with Crippen molar-refractivity contribution in [3.8, 4) is 22.8 Å². The largest absolute Gasteiger partial charge is 0.494 e. The Morgan fingerprint density at radius 2 is 1.94 bits per heavy atom. The normalized spacial score (nSPS) is 10.5. The van der Waals surface area contributed by atoms with Gasteiger partial charge in [-0.3, -0.25) is 14.2 Å². The summed E-state index contributed by atoms with van der Waals surface area (Å²) < 4.78 is 11.9. The molecule has 0 aliphatic carbocycles. The van der Waals surface area contributed by atoms with Crippen molar-refractivity contribution in [3.63, 3.8) is 0 Å². The Morgan fingerprint density at radius 1 is 1.16 bits per heavy atom. The standard InChI is InChI=1S/C21H21ClN4O4S/c1-3-30-17-9-7-16(8-10-17)26-20(14-5-4-6-15(22)11-14)24-25-21(26)31-13-18(27)23-12-19(28)29-2/h4-11H,3,12-13H2,1-2H3,(H,23,27). The maximum absolute atomic E-state index is 12.1. The van der Waals surface area contributed by atoms with E-state index in [2.05, 4.69) is 20.3 Å². The number of esters is 1. The number of nitrogens with one attached hydrogen (secondary N) is 1. The molecular weight excluding hydrogens is 440 g/mol. The first-order valence-corrected chi connectivity index (χ1v) is 10.8. The number of carbonyl (C=O) groups is 2. The zero-order valence-corrected chi connectivity index (χ0v) is 18.6. The third-order valence-electron chi connectivity index (χ3n) is 4.11. The summed E-state index contributed by atoms with van der Waals surface area (Å²) in [5.41, 5.74) is 1.59. The van der Waals surface area contributed by atoms with Crippen molar-refractivity contribution >= 4 is 35.2 Å². The van der Waals surface area contributed by atoms with Gasteiger partial charge in [0.15, 0.2) is 11.0 Å². The number of halogens is 1. The molecule has 0 bridgehead atoms. The lowest BCUT2D eigenvalue weighted by atomic mass is 10.2. The molecule has 1 amide bonds. The quantitative estimate of drug-likeness (QED) is 0.386. The summed E-state index contributed by atoms with van der Waals surface area (Å²) >= 11 is 7.36. The Morgan fingerprint density at radius 3 is 2.61 bits per heavy atom. The SMILES string of the molecule is CCOc1ccc(-n2c(SCC(=O)NCC(=O)OC)nnc2-c2cccc(Cl)c2)cc1. The van der Waals surface area contributed by atoms with Crippen LogP contribution in [-0.4, -0.2) is 52.7 Å². The van der Waals surface area contributed by atoms with Crippen LogP contribution in [0, 0.1) is 0 Å². The van der Waals surface area contributed by atoms with Crippen molar-refractivity contribution in [1.82, 2.24) is 20.1 Å². The number of benzene rings is 2. The fourth-order valence-corrected chi connectivity index (χ4v) is 3.66. The van der Waals surface area contributed by atoms with E-state index in [9.17, 15) is 9.59 Å². The number of aromatic nitrogens is 3. The van der Waals surface area contributed by atoms with E-state index < -0.39 is 5.97 Å². The predicted octanol–water partition coefficient (Wildman–Crippen LogP) is 3.37. The molecule has 1 aromatic heterocycles. The number of carbonyl (C=O) groups excluding carboxylic acids is 2. The summed E-state index contributed by atoms with van der Waals surface area (Å²) in [5.74, 6) is 0.561. The minimum atomic E-state index is -0.515. The van der Waals surface area contributed by atoms with E-state index >= 15 is 0 Å². The molecule has 0 fully saturated rings. The van der Waals surface area contributed by atoms with Gasteiger partial charge in [-0.15, -0.1) is 10.2 Å². The number of amides is 1. The average Bonchev–Trinajstić information content (AvgIpc) is 3.20. The van der Waals surface area contributed by atoms with E-state index in [1.54, 1.807) is 12.1 Å². The lowest BCUT2D eigenvalue weighted by molar-refractivity contribution is -0.140. The van der Waals surface area contributed by atoms with Crippen LogP contribution >= 0.6 is 23.4 Å². The number of nitrogens with zero attached hydrogens (tertiary/aromatic N) is 3. The van der Waals surface area contributed by atoms with Crippen LogP contribution in [-0.2, 0) is 14.3 Å². The molecule has 31 heavy (non-hydrogen) atoms. The Balaban J connectivity index is 1.88. The fourth-order valence-electron chi connectivity index (χ4n) is 2.69. The number of methoxy groups -OCH3 is 1. The molecule has 0 radical (unpaired) electrons. The summed E-state index contributed by atoms with van der Waals surface area (Å²) in [4.78, 5) is 23.3. The van der Waals surface area contributed by atoms with Crippen LogP contribution < -0.4 is 10.1 Å². The highest BCUT2D eigenvalue weighted by atomic mass is 35.5. The van der Waals surface area contributed by atoms with Gasteiger partial charge in [0.25, 0.3) is 0 Å². The van der Waals surface area contributed by atoms with Gasteiger partial charge < -0.3 is 14.8 Å². The van der Waals surface area contributed by atoms with Gasteiger partial charge in [-0.1, -0.05) is 35.5 Å². The zero-order chi connectivity index (χ0) is 22.2. The van der Waals surface area contributed by atoms with Crippen LogP contribution in [0.5, 0.6) is 5.75 Å². The first-order chi connectivity index (χ1) is 15.0. The lowest BCUT2D eigenvalue weighted by Gasteiger charge is -2.12. The first kappa shape index (κ1) is 22.6. The van der Waals surface area contributed by atoms with E-state index in [0.717, 1.165) is 17.0 Å². The molecule has 3 rings (SSSR count). The molecule has 0 aliphatic heterocycles. The maximum atomic E-state index is 12.1. The van der Waals surface area contributed by atoms with Crippen LogP contribution in [0.1, 0.15) is 6.92 Å². The van der Waals surface area contributed by atoms with Gasteiger partial charge in [0.2, 0.25) is 5.91 Å². The van der Waals surface area contributed by atoms with E-state index in [-0.39, 0.29) is 18.2 Å². The molecule has 3 aromatic rings. The molecule has 10 heteroatoms. The molecule has 0 saturated carbocycles. The summed E-state index contributed by atoms with van der Waals surface area (Å²) in [6, 6.07) is 14.8. The van der Waals surface area contributed by atoms with E-state index in [4.69, 9.17) is 16.3 Å². The first-order valence-electron chi connectivity index (χ1n) is 9.42. The fraction of sp³-hybridized carbons (Fsp3) is 0.238. The van der Waals surface area contributed by atoms with Crippen LogP contribution in [0.25, 0.3) is 17.1 Å². The Hall–Kier alpha value is -3.04. The van der Waals surface area contributed by atoms with Gasteiger partial charge in [-0.25, -0.2) is 0 Å². The van der Waals surface area contributed by atoms with Crippen molar-refractivity contribution in [2.75, 3.05) is 26.0 Å². The number of hydrogen-bond donors (Lipinski definition) is 1. The highest BCUT2D eigenvalue weighted by molar-refractivity contribution is 7.99. The maximum Gasteiger partial charge on any atom is 0.325 e. The number of rotatable bonds is 9. The van der Waals surface area contributed by atoms with Crippen molar-refractivity contribution in [2.24, 2.45) is 0 Å². The second-order valence-corrected chi connectivity index (χ2v) is 7.60. The zero-order valence-electron chi connectivity index (χ0n) is 17.0. The molecule has 0 spiro atoms. The second kappa shape index (κ2) is 10.8. The van der Waals surface area contributed by atoms with Crippen LogP contribution in [0.4, 0.5) is 0 Å². The van der Waals surface area contributed by atoms with E-state index in [0.29, 0.717) is 22.6 Å². The average molecular weight is 461 g/mol. The predicted molar refractivity (Wildman–Crippen MR) is 119 cm³/mol. The van der Waals surface area contributed by atoms with E-state index in [1.807, 2.05) is 47.9 Å². The van der Waals surface area contributed by atoms with E-state index in [1.165, 1.54) is 18.9 Å². The highest BCUT2D eigenvalue weighted by Crippen LogP contribution is 2.30. The third kappa shape index (κ3) is 5.99. The molecule has 1 N–H and O–H groups in total. The number of thioether (sulfide) groups is 1. The van der Waals surface area contributed by atoms with Crippen molar-refractivity contribution in [3.05, 3.63) is 53.6 Å². The number of hydrogen-bond acceptors (Lipinski definition) is 7. The molecule has 8 nitrogen and oxygen atoms in total. The molecular formula is C21H21ClN4O4S. The van der Waals surface area contributed by atoms with Gasteiger partial charge in [-0.2, -0.15) is 0 Å². The highest BCUT2D eigenvalue weighted by Gasteiger charge is 2.18. The van der Waals surface area contributed by atoms with Crippen molar-refractivity contribution in [1.29, 1.82) is 0 Å². The number of ether oxygens (including phenoxy) is 2. The molecule has 0 unspecified atom stereocenters. The minimum Gasteiger partial charge on any atom is -0.494 e. The van der Waals surface area contributed by atoms with Gasteiger partial charge in [-0.05, 0) is 43.3 Å². The Kier molecular flexibility index (Phi) is 7.91. The Bertz CT molecular complexity index is 1060. The smallest absolute Gasteiger partial charge is 0.325 e. The molecule has 2 aromatic carbocycles.